The highest BCUT2D eigenvalue weighted by Gasteiger charge is 2.39. The summed E-state index contributed by atoms with van der Waals surface area (Å²) in [4.78, 5) is 12.1. The molecule has 0 amide bonds. The first-order chi connectivity index (χ1) is 11.3. The summed E-state index contributed by atoms with van der Waals surface area (Å²) in [7, 11) is 1.30. The van der Waals surface area contributed by atoms with Crippen LogP contribution in [0.25, 0.3) is 0 Å². The second-order valence-corrected chi connectivity index (χ2v) is 4.75. The molecule has 0 N–H and O–H groups in total. The van der Waals surface area contributed by atoms with Gasteiger partial charge in [-0.25, -0.2) is 0 Å². The quantitative estimate of drug-likeness (QED) is 0.472. The molecular weight excluding hydrogens is 317 g/mol. The van der Waals surface area contributed by atoms with Crippen molar-refractivity contribution in [2.75, 3.05) is 7.11 Å². The lowest BCUT2D eigenvalue weighted by molar-refractivity contribution is -0.148. The number of halogens is 3. The lowest BCUT2D eigenvalue weighted by Crippen LogP contribution is -2.36. The molecule has 0 saturated heterocycles. The van der Waals surface area contributed by atoms with Crippen molar-refractivity contribution in [1.82, 2.24) is 0 Å². The van der Waals surface area contributed by atoms with Crippen molar-refractivity contribution in [3.05, 3.63) is 48.6 Å². The summed E-state index contributed by atoms with van der Waals surface area (Å²) in [5.74, 6) is -0.401. The zero-order valence-corrected chi connectivity index (χ0v) is 15.3. The van der Waals surface area contributed by atoms with Crippen LogP contribution >= 0.6 is 0 Å². The van der Waals surface area contributed by atoms with Gasteiger partial charge in [0.05, 0.1) is 18.1 Å². The van der Waals surface area contributed by atoms with Crippen molar-refractivity contribution in [2.24, 2.45) is 0 Å². The maximum Gasteiger partial charge on any atom is 0.416 e. The molecule has 0 fully saturated rings. The van der Waals surface area contributed by atoms with Crippen LogP contribution in [0, 0.1) is 0 Å². The molecule has 0 spiro atoms. The van der Waals surface area contributed by atoms with Gasteiger partial charge in [-0.05, 0) is 30.5 Å². The highest BCUT2D eigenvalue weighted by Crippen LogP contribution is 2.36. The number of benzene rings is 1. The topological polar surface area (TPSA) is 26.3 Å². The molecule has 5 heteroatoms. The minimum absolute atomic E-state index is 0.401. The van der Waals surface area contributed by atoms with Gasteiger partial charge in [0.2, 0.25) is 0 Å². The highest BCUT2D eigenvalue weighted by molar-refractivity contribution is 5.83. The first-order valence-corrected chi connectivity index (χ1v) is 8.08. The van der Waals surface area contributed by atoms with Gasteiger partial charge in [-0.2, -0.15) is 13.2 Å². The normalized spacial score (nSPS) is 12.7. The van der Waals surface area contributed by atoms with Crippen molar-refractivity contribution in [1.29, 1.82) is 0 Å². The van der Waals surface area contributed by atoms with Gasteiger partial charge in [0, 0.05) is 0 Å². The van der Waals surface area contributed by atoms with Crippen LogP contribution in [0.5, 0.6) is 0 Å². The van der Waals surface area contributed by atoms with Gasteiger partial charge < -0.3 is 4.74 Å². The Morgan fingerprint density at radius 2 is 1.46 bits per heavy atom. The van der Waals surface area contributed by atoms with Gasteiger partial charge in [0.25, 0.3) is 0 Å². The summed E-state index contributed by atoms with van der Waals surface area (Å²) in [6, 6.07) is 4.77. The minimum Gasteiger partial charge on any atom is -0.468 e. The molecule has 0 heterocycles. The number of esters is 1. The molecule has 1 unspecified atom stereocenters. The van der Waals surface area contributed by atoms with E-state index in [1.165, 1.54) is 19.2 Å². The SMILES string of the molecule is C=C.CC.CCCC(CC)(C(=O)OC)c1ccc(C(F)(F)F)cc1. The summed E-state index contributed by atoms with van der Waals surface area (Å²) in [6.07, 6.45) is -2.60. The van der Waals surface area contributed by atoms with Crippen LogP contribution in [0.15, 0.2) is 37.4 Å². The van der Waals surface area contributed by atoms with E-state index in [2.05, 4.69) is 13.2 Å². The summed E-state index contributed by atoms with van der Waals surface area (Å²) in [5, 5.41) is 0. The number of ether oxygens (including phenoxy) is 1. The summed E-state index contributed by atoms with van der Waals surface area (Å²) >= 11 is 0. The number of alkyl halides is 3. The van der Waals surface area contributed by atoms with Crippen LogP contribution in [0.3, 0.4) is 0 Å². The molecule has 0 bridgehead atoms. The Bertz CT molecular complexity index is 466. The molecule has 24 heavy (non-hydrogen) atoms. The number of methoxy groups -OCH3 is 1. The van der Waals surface area contributed by atoms with E-state index in [0.717, 1.165) is 18.6 Å². The van der Waals surface area contributed by atoms with E-state index >= 15 is 0 Å². The number of rotatable bonds is 5. The predicted molar refractivity (Wildman–Crippen MR) is 92.9 cm³/mol. The lowest BCUT2D eigenvalue weighted by atomic mass is 9.74. The predicted octanol–water partition coefficient (Wildman–Crippen LogP) is 6.15. The molecule has 0 aromatic heterocycles. The monoisotopic (exact) mass is 346 g/mol. The van der Waals surface area contributed by atoms with E-state index < -0.39 is 23.1 Å². The fourth-order valence-corrected chi connectivity index (χ4v) is 2.49. The van der Waals surface area contributed by atoms with Crippen molar-refractivity contribution >= 4 is 5.97 Å². The van der Waals surface area contributed by atoms with Crippen LogP contribution in [-0.4, -0.2) is 13.1 Å². The Labute approximate surface area is 143 Å². The first kappa shape index (κ1) is 24.5. The average molecular weight is 346 g/mol. The second-order valence-electron chi connectivity index (χ2n) is 4.75. The zero-order valence-electron chi connectivity index (χ0n) is 15.3. The Morgan fingerprint density at radius 1 is 1.04 bits per heavy atom. The third kappa shape index (κ3) is 6.02. The Balaban J connectivity index is 0. The molecule has 0 aliphatic heterocycles. The van der Waals surface area contributed by atoms with Gasteiger partial charge in [0.1, 0.15) is 0 Å². The number of carbonyl (C=O) groups excluding carboxylic acids is 1. The molecule has 1 aromatic rings. The smallest absolute Gasteiger partial charge is 0.416 e. The maximum atomic E-state index is 12.6. The number of carbonyl (C=O) groups is 1. The average Bonchev–Trinajstić information content (AvgIpc) is 2.62. The molecular formula is C19H29F3O2. The fourth-order valence-electron chi connectivity index (χ4n) is 2.49. The molecule has 1 rings (SSSR count). The van der Waals surface area contributed by atoms with Gasteiger partial charge >= 0.3 is 12.1 Å². The summed E-state index contributed by atoms with van der Waals surface area (Å²) in [5.41, 5.74) is -1.01. The lowest BCUT2D eigenvalue weighted by Gasteiger charge is -2.30. The highest BCUT2D eigenvalue weighted by atomic mass is 19.4. The third-order valence-electron chi connectivity index (χ3n) is 3.62. The van der Waals surface area contributed by atoms with E-state index in [9.17, 15) is 18.0 Å². The van der Waals surface area contributed by atoms with Crippen molar-refractivity contribution in [2.45, 2.75) is 58.5 Å². The van der Waals surface area contributed by atoms with E-state index in [4.69, 9.17) is 4.74 Å². The molecule has 1 atom stereocenters. The van der Waals surface area contributed by atoms with Gasteiger partial charge in [-0.1, -0.05) is 46.2 Å². The molecule has 138 valence electrons. The van der Waals surface area contributed by atoms with Crippen LogP contribution in [0.4, 0.5) is 13.2 Å². The Morgan fingerprint density at radius 3 is 1.75 bits per heavy atom. The maximum absolute atomic E-state index is 12.6. The van der Waals surface area contributed by atoms with Crippen LogP contribution in [0.2, 0.25) is 0 Å². The van der Waals surface area contributed by atoms with Crippen LogP contribution in [-0.2, 0) is 21.1 Å². The molecule has 0 aliphatic rings. The molecule has 0 radical (unpaired) electrons. The van der Waals surface area contributed by atoms with Gasteiger partial charge in [-0.15, -0.1) is 13.2 Å². The largest absolute Gasteiger partial charge is 0.468 e. The molecule has 1 aromatic carbocycles. The van der Waals surface area contributed by atoms with E-state index in [1.54, 1.807) is 0 Å². The summed E-state index contributed by atoms with van der Waals surface area (Å²) < 4.78 is 42.6. The number of hydrogen-bond donors (Lipinski definition) is 0. The molecule has 0 aliphatic carbocycles. The molecule has 0 saturated carbocycles. The van der Waals surface area contributed by atoms with Crippen molar-refractivity contribution < 1.29 is 22.7 Å². The Hall–Kier alpha value is -1.78. The van der Waals surface area contributed by atoms with Crippen LogP contribution in [0.1, 0.15) is 58.1 Å². The second kappa shape index (κ2) is 11.7. The van der Waals surface area contributed by atoms with Gasteiger partial charge in [0.15, 0.2) is 0 Å². The standard InChI is InChI=1S/C15H19F3O2.C2H6.C2H4/c1-4-10-14(5-2,13(19)20-3)11-6-8-12(9-7-11)15(16,17)18;2*1-2/h6-9H,4-5,10H2,1-3H3;1-2H3;1-2H2. The van der Waals surface area contributed by atoms with E-state index in [1.807, 2.05) is 27.7 Å². The van der Waals surface area contributed by atoms with Crippen molar-refractivity contribution in [3.63, 3.8) is 0 Å². The van der Waals surface area contributed by atoms with E-state index in [0.29, 0.717) is 18.4 Å². The minimum atomic E-state index is -4.37. The van der Waals surface area contributed by atoms with E-state index in [-0.39, 0.29) is 0 Å². The van der Waals surface area contributed by atoms with Crippen molar-refractivity contribution in [3.8, 4) is 0 Å². The first-order valence-electron chi connectivity index (χ1n) is 8.08. The Kier molecular flexibility index (Phi) is 11.9. The fraction of sp³-hybridized carbons (Fsp3) is 0.526. The third-order valence-corrected chi connectivity index (χ3v) is 3.62. The zero-order chi connectivity index (χ0) is 19.4. The summed E-state index contributed by atoms with van der Waals surface area (Å²) in [6.45, 7) is 13.8. The van der Waals surface area contributed by atoms with Crippen LogP contribution < -0.4 is 0 Å². The van der Waals surface area contributed by atoms with Gasteiger partial charge in [-0.3, -0.25) is 4.79 Å². The molecule has 2 nitrogen and oxygen atoms in total. The number of hydrogen-bond acceptors (Lipinski definition) is 2.